The van der Waals surface area contributed by atoms with E-state index in [2.05, 4.69) is 143 Å². The SMILES string of the molecule is CCn1c(CCCNC(=O)NC2CCCCC2)nnc1C1CC1.CCn1c(CCCNC(=O)NC2CCCCC2C)nnc1C1CC1.CCn1c(CCCNC(=O)NC2CCOCC2)nnc1C1CC1.CCn1c(CCCNC(=O)NC2CCOCC2C)nnc1C1CC1. The molecule has 0 spiro atoms. The molecule has 8 N–H and O–H groups in total. The number of ether oxygens (including phenoxy) is 2. The third-order valence-electron chi connectivity index (χ3n) is 19.8. The Hall–Kier alpha value is -6.44. The summed E-state index contributed by atoms with van der Waals surface area (Å²) in [7, 11) is 0. The first-order chi connectivity index (χ1) is 45.9. The topological polar surface area (TPSA) is 306 Å². The lowest BCUT2D eigenvalue weighted by atomic mass is 9.86. The van der Waals surface area contributed by atoms with Gasteiger partial charge in [-0.2, -0.15) is 0 Å². The standard InChI is InChI=1S/C18H31N5O.C17H29N5O2.C17H29N5O.C16H27N5O2/c1-3-23-16(21-22-17(23)14-10-11-14)9-6-12-19-18(24)20-15-8-5-4-7-13(15)2;1-3-22-15(20-21-16(22)13-6-7-13)5-4-9-18-17(23)19-14-8-10-24-11-12(14)2;1-2-22-15(20-21-16(22)13-10-11-13)9-6-12-18-17(23)19-14-7-4-3-5-8-14;1-2-21-14(19-20-15(21)12-5-6-12)4-3-9-17-16(22)18-13-7-10-23-11-8-13/h13-15H,3-12H2,1-2H3,(H2,19,20,24);12-14H,3-11H2,1-2H3,(H2,18,19,23);13-14H,2-12H2,1H3,(H2,18,19,23);12-13H,2-11H2,1H3,(H2,17,18,22). The number of rotatable bonds is 28. The van der Waals surface area contributed by atoms with Crippen LogP contribution in [0.15, 0.2) is 0 Å². The van der Waals surface area contributed by atoms with Crippen molar-refractivity contribution >= 4 is 24.1 Å². The van der Waals surface area contributed by atoms with Gasteiger partial charge in [-0.15, -0.1) is 40.8 Å². The highest BCUT2D eigenvalue weighted by Crippen LogP contribution is 2.41. The zero-order valence-electron chi connectivity index (χ0n) is 57.9. The first-order valence-electron chi connectivity index (χ1n) is 36.9. The summed E-state index contributed by atoms with van der Waals surface area (Å²) in [6, 6.07) is 0.959. The van der Waals surface area contributed by atoms with Crippen LogP contribution in [0.2, 0.25) is 0 Å². The Balaban J connectivity index is 0.000000148. The number of carbonyl (C=O) groups excluding carboxylic acids is 4. The van der Waals surface area contributed by atoms with E-state index >= 15 is 0 Å². The van der Waals surface area contributed by atoms with Crippen LogP contribution >= 0.6 is 0 Å². The summed E-state index contributed by atoms with van der Waals surface area (Å²) in [5.41, 5.74) is 0. The van der Waals surface area contributed by atoms with Crippen LogP contribution in [-0.4, -0.2) is 160 Å². The van der Waals surface area contributed by atoms with E-state index in [1.54, 1.807) is 0 Å². The van der Waals surface area contributed by atoms with Crippen molar-refractivity contribution < 1.29 is 28.7 Å². The molecule has 0 radical (unpaired) electrons. The molecule has 6 aliphatic carbocycles. The number of aryl methyl sites for hydroxylation is 4. The molecule has 4 aromatic rings. The molecule has 6 heterocycles. The molecule has 26 nitrogen and oxygen atoms in total. The van der Waals surface area contributed by atoms with Gasteiger partial charge in [0.1, 0.15) is 46.6 Å². The number of carbonyl (C=O) groups is 4. The van der Waals surface area contributed by atoms with E-state index in [4.69, 9.17) is 9.47 Å². The third-order valence-corrected chi connectivity index (χ3v) is 19.8. The fraction of sp³-hybridized carbons (Fsp3) is 0.824. The molecular formula is C68H116N20O6. The van der Waals surface area contributed by atoms with E-state index in [9.17, 15) is 19.2 Å². The Kier molecular flexibility index (Phi) is 28.9. The zero-order chi connectivity index (χ0) is 66.0. The number of aromatic nitrogens is 12. The van der Waals surface area contributed by atoms with Gasteiger partial charge >= 0.3 is 24.1 Å². The van der Waals surface area contributed by atoms with Gasteiger partial charge in [0.2, 0.25) is 0 Å². The predicted molar refractivity (Wildman–Crippen MR) is 361 cm³/mol. The number of nitrogens with zero attached hydrogens (tertiary/aromatic N) is 12. The highest BCUT2D eigenvalue weighted by molar-refractivity contribution is 5.75. The van der Waals surface area contributed by atoms with Gasteiger partial charge in [-0.1, -0.05) is 46.0 Å². The van der Waals surface area contributed by atoms with Gasteiger partial charge in [0.15, 0.2) is 0 Å². The second-order valence-electron chi connectivity index (χ2n) is 27.5. The van der Waals surface area contributed by atoms with Crippen molar-refractivity contribution in [3.05, 3.63) is 46.6 Å². The number of nitrogens with one attached hydrogen (secondary N) is 8. The quantitative estimate of drug-likeness (QED) is 0.0246. The molecule has 2 aliphatic heterocycles. The molecule has 8 aliphatic rings. The van der Waals surface area contributed by atoms with Crippen LogP contribution < -0.4 is 42.5 Å². The van der Waals surface area contributed by atoms with Crippen LogP contribution in [0.25, 0.3) is 0 Å². The molecule has 4 atom stereocenters. The molecule has 94 heavy (non-hydrogen) atoms. The highest BCUT2D eigenvalue weighted by atomic mass is 16.5. The van der Waals surface area contributed by atoms with E-state index in [0.29, 0.717) is 73.8 Å². The Bertz CT molecular complexity index is 2720. The van der Waals surface area contributed by atoms with Gasteiger partial charge in [0.05, 0.1) is 6.61 Å². The fourth-order valence-corrected chi connectivity index (χ4v) is 13.5. The monoisotopic (exact) mass is 1310 g/mol. The summed E-state index contributed by atoms with van der Waals surface area (Å²) < 4.78 is 19.7. The van der Waals surface area contributed by atoms with Gasteiger partial charge in [-0.25, -0.2) is 19.2 Å². The molecule has 2 saturated heterocycles. The van der Waals surface area contributed by atoms with Gasteiger partial charge in [0, 0.05) is 146 Å². The smallest absolute Gasteiger partial charge is 0.315 e. The van der Waals surface area contributed by atoms with Gasteiger partial charge in [-0.05, 0) is 162 Å². The summed E-state index contributed by atoms with van der Waals surface area (Å²) in [4.78, 5) is 47.8. The normalized spacial score (nSPS) is 21.4. The van der Waals surface area contributed by atoms with E-state index < -0.39 is 0 Å². The van der Waals surface area contributed by atoms with Crippen LogP contribution in [0.5, 0.6) is 0 Å². The Morgan fingerprint density at radius 1 is 0.362 bits per heavy atom. The maximum Gasteiger partial charge on any atom is 0.315 e. The molecule has 26 heteroatoms. The van der Waals surface area contributed by atoms with Crippen molar-refractivity contribution in [2.75, 3.05) is 52.6 Å². The van der Waals surface area contributed by atoms with Gasteiger partial charge in [0.25, 0.3) is 0 Å². The second-order valence-corrected chi connectivity index (χ2v) is 27.5. The maximum absolute atomic E-state index is 12.0. The summed E-state index contributed by atoms with van der Waals surface area (Å²) in [6.07, 6.45) is 30.5. The summed E-state index contributed by atoms with van der Waals surface area (Å²) >= 11 is 0. The first kappa shape index (κ1) is 71.8. The fourth-order valence-electron chi connectivity index (χ4n) is 13.5. The lowest BCUT2D eigenvalue weighted by molar-refractivity contribution is 0.0419. The molecule has 8 fully saturated rings. The zero-order valence-corrected chi connectivity index (χ0v) is 57.9. The molecule has 4 aromatic heterocycles. The number of hydrogen-bond acceptors (Lipinski definition) is 14. The van der Waals surface area contributed by atoms with E-state index in [-0.39, 0.29) is 36.2 Å². The number of amides is 8. The minimum atomic E-state index is -0.0793. The molecule has 8 amide bonds. The van der Waals surface area contributed by atoms with Crippen molar-refractivity contribution in [3.63, 3.8) is 0 Å². The molecule has 0 bridgehead atoms. The molecule has 6 saturated carbocycles. The van der Waals surface area contributed by atoms with Crippen LogP contribution in [0.3, 0.4) is 0 Å². The minimum Gasteiger partial charge on any atom is -0.381 e. The average Bonchev–Trinajstić information content (AvgIpc) is 1.70. The summed E-state index contributed by atoms with van der Waals surface area (Å²) in [5.74, 6) is 12.3. The molecule has 4 unspecified atom stereocenters. The van der Waals surface area contributed by atoms with Crippen molar-refractivity contribution in [2.24, 2.45) is 11.8 Å². The van der Waals surface area contributed by atoms with Crippen LogP contribution in [-0.2, 0) is 61.3 Å². The molecule has 524 valence electrons. The maximum atomic E-state index is 12.0. The third kappa shape index (κ3) is 22.9. The van der Waals surface area contributed by atoms with Crippen LogP contribution in [0, 0.1) is 11.8 Å². The van der Waals surface area contributed by atoms with Crippen molar-refractivity contribution in [1.29, 1.82) is 0 Å². The average molecular weight is 1310 g/mol. The van der Waals surface area contributed by atoms with E-state index in [1.165, 1.54) is 89.9 Å². The second kappa shape index (κ2) is 37.7. The molecule has 12 rings (SSSR count). The van der Waals surface area contributed by atoms with Gasteiger partial charge < -0.3 is 70.3 Å². The highest BCUT2D eigenvalue weighted by Gasteiger charge is 2.33. The van der Waals surface area contributed by atoms with E-state index in [0.717, 1.165) is 189 Å². The number of hydrogen-bond donors (Lipinski definition) is 8. The minimum absolute atomic E-state index is 0.0208. The summed E-state index contributed by atoms with van der Waals surface area (Å²) in [5, 5.41) is 58.9. The van der Waals surface area contributed by atoms with Gasteiger partial charge in [-0.3, -0.25) is 0 Å². The van der Waals surface area contributed by atoms with E-state index in [1.807, 2.05) is 0 Å². The van der Waals surface area contributed by atoms with Crippen molar-refractivity contribution in [2.45, 2.75) is 295 Å². The van der Waals surface area contributed by atoms with Crippen LogP contribution in [0.4, 0.5) is 19.2 Å². The lowest BCUT2D eigenvalue weighted by Crippen LogP contribution is -2.48. The van der Waals surface area contributed by atoms with Crippen molar-refractivity contribution in [1.82, 2.24) is 102 Å². The predicted octanol–water partition coefficient (Wildman–Crippen LogP) is 9.14. The first-order valence-corrected chi connectivity index (χ1v) is 36.9. The lowest BCUT2D eigenvalue weighted by Gasteiger charge is -2.29. The Labute approximate surface area is 558 Å². The largest absolute Gasteiger partial charge is 0.381 e. The Morgan fingerprint density at radius 3 is 1.02 bits per heavy atom. The van der Waals surface area contributed by atoms with Crippen molar-refractivity contribution in [3.8, 4) is 0 Å². The Morgan fingerprint density at radius 2 is 0.681 bits per heavy atom. The molecule has 0 aromatic carbocycles. The molecular weight excluding hydrogens is 1190 g/mol. The summed E-state index contributed by atoms with van der Waals surface area (Å²) in [6.45, 7) is 22.2. The number of urea groups is 4. The van der Waals surface area contributed by atoms with Crippen LogP contribution in [0.1, 0.15) is 266 Å².